The zero-order valence-electron chi connectivity index (χ0n) is 50.3. The summed E-state index contributed by atoms with van der Waals surface area (Å²) in [5.41, 5.74) is 15.3. The van der Waals surface area contributed by atoms with E-state index in [-0.39, 0.29) is 20.4 Å². The number of rotatable bonds is 8. The van der Waals surface area contributed by atoms with Gasteiger partial charge in [0.15, 0.2) is 0 Å². The zero-order chi connectivity index (χ0) is 61.8. The van der Waals surface area contributed by atoms with Crippen LogP contribution >= 0.6 is 0 Å². The fraction of sp³-hybridized carbons (Fsp3) is 0. The first-order chi connectivity index (χ1) is 46.6. The number of nitrogens with zero attached hydrogens (tertiary/aromatic N) is 10. The molecule has 0 unspecified atom stereocenters. The maximum Gasteiger partial charge on any atom is 2.00 e. The van der Waals surface area contributed by atoms with E-state index in [0.29, 0.717) is 11.5 Å². The van der Waals surface area contributed by atoms with Crippen molar-refractivity contribution >= 4 is 110 Å². The molecule has 0 amide bonds. The van der Waals surface area contributed by atoms with Crippen LogP contribution in [0.2, 0.25) is 0 Å². The molecule has 0 radical (unpaired) electrons. The molecule has 0 saturated heterocycles. The molecule has 10 aromatic carbocycles. The molecular weight excluding hydrogens is 1260 g/mol. The van der Waals surface area contributed by atoms with Gasteiger partial charge in [0.2, 0.25) is 0 Å². The number of imidazole rings is 4. The quantitative estimate of drug-likeness (QED) is 0.0840. The first-order valence-electron chi connectivity index (χ1n) is 31.1. The predicted octanol–water partition coefficient (Wildman–Crippen LogP) is 19.8. The molecule has 0 aliphatic rings. The molecule has 0 spiro atoms. The van der Waals surface area contributed by atoms with E-state index >= 15 is 0 Å². The van der Waals surface area contributed by atoms with Gasteiger partial charge >= 0.3 is 20.4 Å². The van der Waals surface area contributed by atoms with Gasteiger partial charge in [-0.05, 0) is 88.3 Å². The van der Waals surface area contributed by atoms with Gasteiger partial charge in [0.25, 0.3) is 0 Å². The average molecular weight is 1310 g/mol. The molecule has 10 aromatic heterocycles. The summed E-state index contributed by atoms with van der Waals surface area (Å²) in [6, 6.07) is 94.1. The molecule has 20 rings (SSSR count). The molecule has 0 bridgehead atoms. The van der Waals surface area contributed by atoms with Crippen LogP contribution in [0.4, 0.5) is 0 Å². The Balaban J connectivity index is 0.000000138. The summed E-state index contributed by atoms with van der Waals surface area (Å²) in [6.07, 6.45) is 11.3. The molecule has 20 aromatic rings. The van der Waals surface area contributed by atoms with Gasteiger partial charge in [-0.15, -0.1) is 12.1 Å². The molecule has 95 heavy (non-hydrogen) atoms. The van der Waals surface area contributed by atoms with Crippen molar-refractivity contribution in [1.82, 2.24) is 47.5 Å². The van der Waals surface area contributed by atoms with E-state index < -0.39 is 0 Å². The fourth-order valence-electron chi connectivity index (χ4n) is 13.8. The first-order valence-corrected chi connectivity index (χ1v) is 31.1. The molecule has 12 nitrogen and oxygen atoms in total. The van der Waals surface area contributed by atoms with Gasteiger partial charge in [-0.2, -0.15) is 0 Å². The number of fused-ring (bicyclic) bond motifs is 24. The van der Waals surface area contributed by atoms with E-state index in [1.807, 2.05) is 116 Å². The summed E-state index contributed by atoms with van der Waals surface area (Å²) in [5, 5.41) is 12.5. The second-order valence-electron chi connectivity index (χ2n) is 23.3. The van der Waals surface area contributed by atoms with E-state index in [4.69, 9.17) is 34.4 Å². The average Bonchev–Trinajstić information content (AvgIpc) is 1.62. The summed E-state index contributed by atoms with van der Waals surface area (Å²) in [5.74, 6) is 2.63. The third kappa shape index (κ3) is 9.01. The van der Waals surface area contributed by atoms with Crippen molar-refractivity contribution in [3.05, 3.63) is 304 Å². The van der Waals surface area contributed by atoms with Crippen molar-refractivity contribution in [3.63, 3.8) is 0 Å². The fourth-order valence-corrected chi connectivity index (χ4v) is 13.8. The second kappa shape index (κ2) is 22.5. The van der Waals surface area contributed by atoms with Gasteiger partial charge in [0.1, 0.15) is 34.1 Å². The first kappa shape index (κ1) is 55.4. The van der Waals surface area contributed by atoms with E-state index in [1.54, 1.807) is 0 Å². The van der Waals surface area contributed by atoms with Gasteiger partial charge < -0.3 is 18.3 Å². The number of benzene rings is 10. The molecule has 0 N–H and O–H groups in total. The van der Waals surface area contributed by atoms with Crippen molar-refractivity contribution in [2.75, 3.05) is 0 Å². The minimum atomic E-state index is 0. The maximum atomic E-state index is 6.61. The number of hydrogen-bond donors (Lipinski definition) is 0. The largest absolute Gasteiger partial charge is 2.00 e. The smallest absolute Gasteiger partial charge is 0.497 e. The molecule has 0 aliphatic carbocycles. The Labute approximate surface area is 555 Å². The van der Waals surface area contributed by atoms with Gasteiger partial charge in [0, 0.05) is 98.0 Å². The molecule has 448 valence electrons. The minimum absolute atomic E-state index is 0. The molecule has 0 atom stereocenters. The van der Waals surface area contributed by atoms with Gasteiger partial charge in [0.05, 0.1) is 39.6 Å². The summed E-state index contributed by atoms with van der Waals surface area (Å²) in [7, 11) is 0. The van der Waals surface area contributed by atoms with Crippen molar-refractivity contribution in [2.24, 2.45) is 0 Å². The topological polar surface area (TPSA) is 113 Å². The van der Waals surface area contributed by atoms with Crippen LogP contribution < -0.4 is 9.47 Å². The Morgan fingerprint density at radius 1 is 0.284 bits per heavy atom. The Morgan fingerprint density at radius 3 is 1.25 bits per heavy atom. The molecule has 0 saturated carbocycles. The van der Waals surface area contributed by atoms with Gasteiger partial charge in [-0.3, -0.25) is 18.8 Å². The van der Waals surface area contributed by atoms with Gasteiger partial charge in [-0.1, -0.05) is 210 Å². The number of ether oxygens (including phenoxy) is 2. The maximum absolute atomic E-state index is 6.61. The Hall–Kier alpha value is -12.4. The van der Waals surface area contributed by atoms with Crippen LogP contribution in [0.25, 0.3) is 155 Å². The van der Waals surface area contributed by atoms with Gasteiger partial charge in [-0.25, -0.2) is 19.9 Å². The molecular formula is C82H48N10O2Pd. The normalized spacial score (nSPS) is 11.7. The molecule has 10 heterocycles. The number of para-hydroxylation sites is 2. The summed E-state index contributed by atoms with van der Waals surface area (Å²) in [6.45, 7) is 0. The number of aromatic nitrogens is 10. The van der Waals surface area contributed by atoms with Crippen LogP contribution in [0.3, 0.4) is 0 Å². The van der Waals surface area contributed by atoms with Crippen molar-refractivity contribution in [3.8, 4) is 68.0 Å². The van der Waals surface area contributed by atoms with Crippen molar-refractivity contribution < 1.29 is 29.9 Å². The second-order valence-corrected chi connectivity index (χ2v) is 23.3. The van der Waals surface area contributed by atoms with E-state index in [1.165, 1.54) is 5.39 Å². The summed E-state index contributed by atoms with van der Waals surface area (Å²) in [4.78, 5) is 29.8. The molecule has 13 heteroatoms. The SMILES string of the molecule is [Pd+2].[c-]1c(Oc2[c-]c3c(cc2)c2cccnc2n2c(-c4ccccc4)c(-c4ccccc4)nc32)ccc2c1c1nccn1c1ccccc21.c1ccc(-c2nc3c4cc(Oc5ccc6c7ccccc7n7ccnc7c6c5)ccc4c4cccnc4n3c2-c2ccccc2)cc1. The third-order valence-electron chi connectivity index (χ3n) is 17.9. The summed E-state index contributed by atoms with van der Waals surface area (Å²) < 4.78 is 21.7. The molecule has 0 aliphatic heterocycles. The predicted molar refractivity (Wildman–Crippen MR) is 376 cm³/mol. The van der Waals surface area contributed by atoms with Crippen molar-refractivity contribution in [2.45, 2.75) is 0 Å². The third-order valence-corrected chi connectivity index (χ3v) is 17.9. The van der Waals surface area contributed by atoms with Crippen LogP contribution in [0.5, 0.6) is 23.0 Å². The van der Waals surface area contributed by atoms with E-state index in [9.17, 15) is 0 Å². The van der Waals surface area contributed by atoms with Crippen molar-refractivity contribution in [1.29, 1.82) is 0 Å². The van der Waals surface area contributed by atoms with Crippen LogP contribution in [0.1, 0.15) is 0 Å². The Kier molecular flexibility index (Phi) is 13.1. The Bertz CT molecular complexity index is 6040. The van der Waals surface area contributed by atoms with Crippen LogP contribution in [-0.4, -0.2) is 47.5 Å². The zero-order valence-corrected chi connectivity index (χ0v) is 51.9. The minimum Gasteiger partial charge on any atom is -0.497 e. The molecule has 0 fully saturated rings. The Morgan fingerprint density at radius 2 is 0.684 bits per heavy atom. The van der Waals surface area contributed by atoms with Crippen LogP contribution in [0, 0.1) is 12.1 Å². The number of hydrogen-bond acceptors (Lipinski definition) is 8. The monoisotopic (exact) mass is 1310 g/mol. The van der Waals surface area contributed by atoms with Crippen LogP contribution in [-0.2, 0) is 20.4 Å². The van der Waals surface area contributed by atoms with E-state index in [2.05, 4.69) is 211 Å². The van der Waals surface area contributed by atoms with Crippen LogP contribution in [0.15, 0.2) is 292 Å². The number of pyridine rings is 6. The van der Waals surface area contributed by atoms with E-state index in [0.717, 1.165) is 161 Å². The standard InChI is InChI=1S/C41H25N5O.C41H23N5O.Pd/c2*1-3-10-26(11-4-1)37-38(27-12-5-2-6-13-27)46-40-33(15-9-21-42-40)31-20-18-29(25-35(31)41(46)44-37)47-28-17-19-30-32-14-7-8-16-36(32)45-23-22-43-39(45)34(30)24-28;/h1-25H;1-23H;/q;-2;+2. The summed E-state index contributed by atoms with van der Waals surface area (Å²) >= 11 is 0.